The molecule has 1 aromatic rings. The number of halogens is 2. The highest BCUT2D eigenvalue weighted by Crippen LogP contribution is 2.19. The van der Waals surface area contributed by atoms with Crippen molar-refractivity contribution in [2.75, 3.05) is 6.54 Å². The number of nitrogens with two attached hydrogens (primary N) is 1. The summed E-state index contributed by atoms with van der Waals surface area (Å²) in [5.74, 6) is -0.00991. The summed E-state index contributed by atoms with van der Waals surface area (Å²) in [6.07, 6.45) is 1.21. The standard InChI is InChI=1S/C12H17ClN2O.ClH/c1-2-11(15-12(16)7-8-14)9-3-5-10(13)6-4-9;/h3-6,11H,2,7-8,14H2,1H3,(H,15,16);1H. The van der Waals surface area contributed by atoms with Gasteiger partial charge in [0.2, 0.25) is 5.91 Å². The van der Waals surface area contributed by atoms with Crippen LogP contribution in [-0.4, -0.2) is 12.5 Å². The maximum Gasteiger partial charge on any atom is 0.221 e. The van der Waals surface area contributed by atoms with Gasteiger partial charge in [0, 0.05) is 18.0 Å². The van der Waals surface area contributed by atoms with Crippen molar-refractivity contribution >= 4 is 29.9 Å². The van der Waals surface area contributed by atoms with Crippen molar-refractivity contribution in [2.24, 2.45) is 5.73 Å². The first-order valence-electron chi connectivity index (χ1n) is 5.42. The van der Waals surface area contributed by atoms with E-state index in [4.69, 9.17) is 17.3 Å². The molecular formula is C12H18Cl2N2O. The summed E-state index contributed by atoms with van der Waals surface area (Å²) in [4.78, 5) is 11.4. The number of benzene rings is 1. The van der Waals surface area contributed by atoms with Gasteiger partial charge in [-0.15, -0.1) is 12.4 Å². The van der Waals surface area contributed by atoms with Gasteiger partial charge in [-0.25, -0.2) is 0 Å². The highest BCUT2D eigenvalue weighted by molar-refractivity contribution is 6.30. The van der Waals surface area contributed by atoms with E-state index in [0.29, 0.717) is 18.0 Å². The van der Waals surface area contributed by atoms with Crippen LogP contribution in [0.2, 0.25) is 5.02 Å². The van der Waals surface area contributed by atoms with Crippen molar-refractivity contribution < 1.29 is 4.79 Å². The fourth-order valence-corrected chi connectivity index (χ4v) is 1.64. The number of hydrogen-bond acceptors (Lipinski definition) is 2. The molecule has 0 fully saturated rings. The summed E-state index contributed by atoms with van der Waals surface area (Å²) in [6.45, 7) is 2.41. The van der Waals surface area contributed by atoms with Crippen LogP contribution < -0.4 is 11.1 Å². The monoisotopic (exact) mass is 276 g/mol. The van der Waals surface area contributed by atoms with E-state index in [2.05, 4.69) is 5.32 Å². The van der Waals surface area contributed by atoms with E-state index >= 15 is 0 Å². The summed E-state index contributed by atoms with van der Waals surface area (Å²) in [6, 6.07) is 7.55. The number of carbonyl (C=O) groups is 1. The predicted molar refractivity (Wildman–Crippen MR) is 73.5 cm³/mol. The number of nitrogens with one attached hydrogen (secondary N) is 1. The van der Waals surface area contributed by atoms with Crippen LogP contribution in [0.15, 0.2) is 24.3 Å². The molecule has 0 spiro atoms. The lowest BCUT2D eigenvalue weighted by Crippen LogP contribution is -2.29. The molecule has 0 bridgehead atoms. The summed E-state index contributed by atoms with van der Waals surface area (Å²) in [7, 11) is 0. The smallest absolute Gasteiger partial charge is 0.221 e. The molecule has 1 unspecified atom stereocenters. The van der Waals surface area contributed by atoms with Crippen LogP contribution in [0.25, 0.3) is 0 Å². The van der Waals surface area contributed by atoms with Crippen LogP contribution in [0.1, 0.15) is 31.4 Å². The number of amides is 1. The van der Waals surface area contributed by atoms with Gasteiger partial charge in [0.1, 0.15) is 0 Å². The molecule has 1 atom stereocenters. The quantitative estimate of drug-likeness (QED) is 0.869. The van der Waals surface area contributed by atoms with Crippen LogP contribution >= 0.6 is 24.0 Å². The van der Waals surface area contributed by atoms with Crippen LogP contribution in [0.5, 0.6) is 0 Å². The molecule has 17 heavy (non-hydrogen) atoms. The average molecular weight is 277 g/mol. The lowest BCUT2D eigenvalue weighted by atomic mass is 10.0. The highest BCUT2D eigenvalue weighted by atomic mass is 35.5. The molecule has 0 aliphatic rings. The molecule has 96 valence electrons. The third kappa shape index (κ3) is 5.39. The Labute approximate surface area is 113 Å². The molecule has 0 saturated heterocycles. The highest BCUT2D eigenvalue weighted by Gasteiger charge is 2.11. The molecular weight excluding hydrogens is 259 g/mol. The Kier molecular flexibility index (Phi) is 7.96. The lowest BCUT2D eigenvalue weighted by molar-refractivity contribution is -0.121. The van der Waals surface area contributed by atoms with E-state index in [1.54, 1.807) is 0 Å². The normalized spacial score (nSPS) is 11.5. The van der Waals surface area contributed by atoms with Crippen LogP contribution in [-0.2, 0) is 4.79 Å². The molecule has 3 nitrogen and oxygen atoms in total. The zero-order valence-electron chi connectivity index (χ0n) is 9.78. The van der Waals surface area contributed by atoms with E-state index in [1.807, 2.05) is 31.2 Å². The second-order valence-electron chi connectivity index (χ2n) is 3.62. The van der Waals surface area contributed by atoms with Crippen molar-refractivity contribution in [3.05, 3.63) is 34.9 Å². The van der Waals surface area contributed by atoms with Gasteiger partial charge < -0.3 is 11.1 Å². The second kappa shape index (κ2) is 8.34. The zero-order valence-corrected chi connectivity index (χ0v) is 11.4. The Bertz CT molecular complexity index is 341. The van der Waals surface area contributed by atoms with Gasteiger partial charge in [-0.05, 0) is 24.1 Å². The molecule has 0 heterocycles. The van der Waals surface area contributed by atoms with E-state index in [0.717, 1.165) is 12.0 Å². The molecule has 0 saturated carbocycles. The van der Waals surface area contributed by atoms with Crippen molar-refractivity contribution in [3.8, 4) is 0 Å². The third-order valence-corrected chi connectivity index (χ3v) is 2.64. The fourth-order valence-electron chi connectivity index (χ4n) is 1.51. The maximum absolute atomic E-state index is 11.4. The van der Waals surface area contributed by atoms with Gasteiger partial charge in [-0.3, -0.25) is 4.79 Å². The Morgan fingerprint density at radius 1 is 1.41 bits per heavy atom. The topological polar surface area (TPSA) is 55.1 Å². The number of carbonyl (C=O) groups excluding carboxylic acids is 1. The molecule has 0 radical (unpaired) electrons. The van der Waals surface area contributed by atoms with Crippen LogP contribution in [0, 0.1) is 0 Å². The average Bonchev–Trinajstić information content (AvgIpc) is 2.27. The molecule has 5 heteroatoms. The second-order valence-corrected chi connectivity index (χ2v) is 4.06. The lowest BCUT2D eigenvalue weighted by Gasteiger charge is -2.17. The molecule has 1 amide bonds. The SMILES string of the molecule is CCC(NC(=O)CCN)c1ccc(Cl)cc1.Cl. The summed E-state index contributed by atoms with van der Waals surface area (Å²) in [5.41, 5.74) is 6.39. The Balaban J connectivity index is 0.00000256. The van der Waals surface area contributed by atoms with Gasteiger partial charge in [0.15, 0.2) is 0 Å². The fraction of sp³-hybridized carbons (Fsp3) is 0.417. The number of rotatable bonds is 5. The van der Waals surface area contributed by atoms with E-state index in [-0.39, 0.29) is 24.4 Å². The van der Waals surface area contributed by atoms with Crippen molar-refractivity contribution in [2.45, 2.75) is 25.8 Å². The van der Waals surface area contributed by atoms with Crippen molar-refractivity contribution in [1.82, 2.24) is 5.32 Å². The molecule has 1 rings (SSSR count). The molecule has 0 aliphatic heterocycles. The van der Waals surface area contributed by atoms with Crippen molar-refractivity contribution in [1.29, 1.82) is 0 Å². The summed E-state index contributed by atoms with van der Waals surface area (Å²) < 4.78 is 0. The minimum absolute atomic E-state index is 0. The first kappa shape index (κ1) is 16.2. The first-order valence-corrected chi connectivity index (χ1v) is 5.80. The first-order chi connectivity index (χ1) is 7.67. The predicted octanol–water partition coefficient (Wildman–Crippen LogP) is 2.68. The zero-order chi connectivity index (χ0) is 12.0. The molecule has 3 N–H and O–H groups in total. The van der Waals surface area contributed by atoms with Gasteiger partial charge in [-0.1, -0.05) is 30.7 Å². The number of hydrogen-bond donors (Lipinski definition) is 2. The Morgan fingerprint density at radius 2 is 2.00 bits per heavy atom. The molecule has 0 aromatic heterocycles. The molecule has 1 aromatic carbocycles. The Hall–Kier alpha value is -0.770. The van der Waals surface area contributed by atoms with E-state index < -0.39 is 0 Å². The minimum Gasteiger partial charge on any atom is -0.349 e. The third-order valence-electron chi connectivity index (χ3n) is 2.39. The van der Waals surface area contributed by atoms with Gasteiger partial charge >= 0.3 is 0 Å². The Morgan fingerprint density at radius 3 is 2.47 bits per heavy atom. The molecule has 0 aliphatic carbocycles. The van der Waals surface area contributed by atoms with Gasteiger partial charge in [0.05, 0.1) is 6.04 Å². The van der Waals surface area contributed by atoms with Gasteiger partial charge in [0.25, 0.3) is 0 Å². The van der Waals surface area contributed by atoms with Crippen LogP contribution in [0.4, 0.5) is 0 Å². The van der Waals surface area contributed by atoms with Crippen LogP contribution in [0.3, 0.4) is 0 Å². The van der Waals surface area contributed by atoms with Crippen molar-refractivity contribution in [3.63, 3.8) is 0 Å². The summed E-state index contributed by atoms with van der Waals surface area (Å²) >= 11 is 5.81. The minimum atomic E-state index is -0.00991. The largest absolute Gasteiger partial charge is 0.349 e. The van der Waals surface area contributed by atoms with E-state index in [1.165, 1.54) is 0 Å². The summed E-state index contributed by atoms with van der Waals surface area (Å²) in [5, 5.41) is 3.64. The maximum atomic E-state index is 11.4. The van der Waals surface area contributed by atoms with Gasteiger partial charge in [-0.2, -0.15) is 0 Å². The van der Waals surface area contributed by atoms with E-state index in [9.17, 15) is 4.79 Å².